The summed E-state index contributed by atoms with van der Waals surface area (Å²) in [7, 11) is 3.29. The molecule has 1 aromatic carbocycles. The number of hydrogen-bond acceptors (Lipinski definition) is 5. The number of aromatic nitrogens is 2. The molecular weight excluding hydrogens is 256 g/mol. The highest BCUT2D eigenvalue weighted by Gasteiger charge is 2.11. The summed E-state index contributed by atoms with van der Waals surface area (Å²) in [6, 6.07) is 5.56. The first-order chi connectivity index (χ1) is 9.63. The third-order valence-corrected chi connectivity index (χ3v) is 2.74. The molecule has 0 aliphatic rings. The van der Waals surface area contributed by atoms with E-state index < -0.39 is 0 Å². The van der Waals surface area contributed by atoms with Crippen molar-refractivity contribution in [3.63, 3.8) is 0 Å². The van der Waals surface area contributed by atoms with E-state index in [0.29, 0.717) is 17.3 Å². The average molecular weight is 272 g/mol. The van der Waals surface area contributed by atoms with E-state index in [1.54, 1.807) is 20.2 Å². The van der Waals surface area contributed by atoms with Crippen LogP contribution in [0.4, 0.5) is 11.5 Å². The predicted octanol–water partition coefficient (Wildman–Crippen LogP) is 2.09. The number of amides is 1. The third kappa shape index (κ3) is 3.03. The Hall–Kier alpha value is -2.63. The average Bonchev–Trinajstić information content (AvgIpc) is 2.47. The van der Waals surface area contributed by atoms with E-state index >= 15 is 0 Å². The minimum absolute atomic E-state index is 0.243. The SMILES string of the molecule is CNc1cnc(C(=O)Nc2cc(C)ccc2OC)cn1. The lowest BCUT2D eigenvalue weighted by Gasteiger charge is -2.10. The molecule has 0 saturated heterocycles. The third-order valence-electron chi connectivity index (χ3n) is 2.74. The van der Waals surface area contributed by atoms with Crippen molar-refractivity contribution in [1.82, 2.24) is 9.97 Å². The molecule has 0 saturated carbocycles. The van der Waals surface area contributed by atoms with Crippen LogP contribution in [0.1, 0.15) is 16.1 Å². The van der Waals surface area contributed by atoms with Crippen molar-refractivity contribution in [2.75, 3.05) is 24.8 Å². The van der Waals surface area contributed by atoms with Gasteiger partial charge in [-0.25, -0.2) is 9.97 Å². The molecule has 1 amide bonds. The molecule has 0 bridgehead atoms. The standard InChI is InChI=1S/C14H16N4O2/c1-9-4-5-12(20-3)10(6-9)18-14(19)11-7-17-13(15-2)8-16-11/h4-8H,1-3H3,(H,15,17)(H,18,19). The fourth-order valence-electron chi connectivity index (χ4n) is 1.68. The summed E-state index contributed by atoms with van der Waals surface area (Å²) in [5, 5.41) is 5.61. The molecule has 1 aromatic heterocycles. The first-order valence-corrected chi connectivity index (χ1v) is 6.10. The Morgan fingerprint density at radius 2 is 2.05 bits per heavy atom. The van der Waals surface area contributed by atoms with Crippen LogP contribution in [0.15, 0.2) is 30.6 Å². The quantitative estimate of drug-likeness (QED) is 0.891. The monoisotopic (exact) mass is 272 g/mol. The minimum Gasteiger partial charge on any atom is -0.495 e. The van der Waals surface area contributed by atoms with Crippen LogP contribution in [0.5, 0.6) is 5.75 Å². The Morgan fingerprint density at radius 1 is 1.25 bits per heavy atom. The molecule has 2 rings (SSSR count). The number of benzene rings is 1. The van der Waals surface area contributed by atoms with Crippen LogP contribution in [0.25, 0.3) is 0 Å². The Bertz CT molecular complexity index is 611. The molecule has 6 heteroatoms. The van der Waals surface area contributed by atoms with Crippen molar-refractivity contribution < 1.29 is 9.53 Å². The van der Waals surface area contributed by atoms with Crippen LogP contribution < -0.4 is 15.4 Å². The number of rotatable bonds is 4. The van der Waals surface area contributed by atoms with Crippen LogP contribution in [-0.2, 0) is 0 Å². The van der Waals surface area contributed by atoms with E-state index in [0.717, 1.165) is 5.56 Å². The molecule has 0 fully saturated rings. The zero-order valence-corrected chi connectivity index (χ0v) is 11.6. The van der Waals surface area contributed by atoms with Gasteiger partial charge in [0.25, 0.3) is 5.91 Å². The molecule has 0 unspecified atom stereocenters. The lowest BCUT2D eigenvalue weighted by Crippen LogP contribution is -2.15. The van der Waals surface area contributed by atoms with Crippen molar-refractivity contribution in [3.05, 3.63) is 41.9 Å². The van der Waals surface area contributed by atoms with Gasteiger partial charge < -0.3 is 15.4 Å². The molecule has 0 aliphatic heterocycles. The molecule has 6 nitrogen and oxygen atoms in total. The van der Waals surface area contributed by atoms with Crippen molar-refractivity contribution >= 4 is 17.4 Å². The smallest absolute Gasteiger partial charge is 0.275 e. The molecule has 2 N–H and O–H groups in total. The van der Waals surface area contributed by atoms with Gasteiger partial charge in [0.2, 0.25) is 0 Å². The van der Waals surface area contributed by atoms with Gasteiger partial charge in [0.1, 0.15) is 17.3 Å². The molecule has 20 heavy (non-hydrogen) atoms. The molecule has 2 aromatic rings. The summed E-state index contributed by atoms with van der Waals surface area (Å²) in [4.78, 5) is 20.2. The van der Waals surface area contributed by atoms with Crippen LogP contribution >= 0.6 is 0 Å². The normalized spacial score (nSPS) is 9.95. The Balaban J connectivity index is 2.20. The summed E-state index contributed by atoms with van der Waals surface area (Å²) in [5.74, 6) is 0.877. The first kappa shape index (κ1) is 13.8. The zero-order chi connectivity index (χ0) is 14.5. The van der Waals surface area contributed by atoms with E-state index in [1.165, 1.54) is 12.4 Å². The molecule has 0 atom stereocenters. The minimum atomic E-state index is -0.330. The number of nitrogens with zero attached hydrogens (tertiary/aromatic N) is 2. The maximum atomic E-state index is 12.1. The van der Waals surface area contributed by atoms with Gasteiger partial charge in [-0.2, -0.15) is 0 Å². The highest BCUT2D eigenvalue weighted by atomic mass is 16.5. The first-order valence-electron chi connectivity index (χ1n) is 6.10. The lowest BCUT2D eigenvalue weighted by molar-refractivity contribution is 0.102. The number of aryl methyl sites for hydroxylation is 1. The van der Waals surface area contributed by atoms with Crippen molar-refractivity contribution in [1.29, 1.82) is 0 Å². The maximum Gasteiger partial charge on any atom is 0.275 e. The molecular formula is C14H16N4O2. The molecule has 0 aliphatic carbocycles. The number of nitrogens with one attached hydrogen (secondary N) is 2. The topological polar surface area (TPSA) is 76.1 Å². The number of hydrogen-bond donors (Lipinski definition) is 2. The second-order valence-corrected chi connectivity index (χ2v) is 4.19. The maximum absolute atomic E-state index is 12.1. The van der Waals surface area contributed by atoms with Gasteiger partial charge in [-0.15, -0.1) is 0 Å². The van der Waals surface area contributed by atoms with Crippen molar-refractivity contribution in [3.8, 4) is 5.75 Å². The van der Waals surface area contributed by atoms with Gasteiger partial charge in [-0.1, -0.05) is 6.07 Å². The largest absolute Gasteiger partial charge is 0.495 e. The van der Waals surface area contributed by atoms with Crippen molar-refractivity contribution in [2.24, 2.45) is 0 Å². The molecule has 0 spiro atoms. The van der Waals surface area contributed by atoms with Gasteiger partial charge in [0.15, 0.2) is 0 Å². The van der Waals surface area contributed by atoms with Crippen LogP contribution in [0, 0.1) is 6.92 Å². The van der Waals surface area contributed by atoms with Gasteiger partial charge in [-0.3, -0.25) is 4.79 Å². The van der Waals surface area contributed by atoms with Crippen LogP contribution in [-0.4, -0.2) is 30.0 Å². The van der Waals surface area contributed by atoms with Gasteiger partial charge in [0, 0.05) is 7.05 Å². The van der Waals surface area contributed by atoms with E-state index in [-0.39, 0.29) is 11.6 Å². The van der Waals surface area contributed by atoms with Crippen LogP contribution in [0.2, 0.25) is 0 Å². The summed E-state index contributed by atoms with van der Waals surface area (Å²) in [5.41, 5.74) is 1.88. The van der Waals surface area contributed by atoms with E-state index in [4.69, 9.17) is 4.74 Å². The Labute approximate surface area is 117 Å². The Kier molecular flexibility index (Phi) is 4.14. The predicted molar refractivity (Wildman–Crippen MR) is 77.3 cm³/mol. The molecule has 104 valence electrons. The van der Waals surface area contributed by atoms with Gasteiger partial charge >= 0.3 is 0 Å². The molecule has 0 radical (unpaired) electrons. The second kappa shape index (κ2) is 6.01. The zero-order valence-electron chi connectivity index (χ0n) is 11.6. The summed E-state index contributed by atoms with van der Waals surface area (Å²) in [6.45, 7) is 1.94. The van der Waals surface area contributed by atoms with Gasteiger partial charge in [-0.05, 0) is 24.6 Å². The van der Waals surface area contributed by atoms with Gasteiger partial charge in [0.05, 0.1) is 25.2 Å². The summed E-state index contributed by atoms with van der Waals surface area (Å²) >= 11 is 0. The highest BCUT2D eigenvalue weighted by Crippen LogP contribution is 2.25. The number of ether oxygens (including phenoxy) is 1. The lowest BCUT2D eigenvalue weighted by atomic mass is 10.2. The fourth-order valence-corrected chi connectivity index (χ4v) is 1.68. The number of carbonyl (C=O) groups excluding carboxylic acids is 1. The number of methoxy groups -OCH3 is 1. The second-order valence-electron chi connectivity index (χ2n) is 4.19. The highest BCUT2D eigenvalue weighted by molar-refractivity contribution is 6.03. The summed E-state index contributed by atoms with van der Waals surface area (Å²) < 4.78 is 5.21. The van der Waals surface area contributed by atoms with E-state index in [1.807, 2.05) is 19.1 Å². The molecule has 1 heterocycles. The summed E-state index contributed by atoms with van der Waals surface area (Å²) in [6.07, 6.45) is 2.92. The fraction of sp³-hybridized carbons (Fsp3) is 0.214. The number of carbonyl (C=O) groups is 1. The van der Waals surface area contributed by atoms with E-state index in [2.05, 4.69) is 20.6 Å². The van der Waals surface area contributed by atoms with Crippen molar-refractivity contribution in [2.45, 2.75) is 6.92 Å². The van der Waals surface area contributed by atoms with E-state index in [9.17, 15) is 4.79 Å². The van der Waals surface area contributed by atoms with Crippen LogP contribution in [0.3, 0.4) is 0 Å². The Morgan fingerprint density at radius 3 is 2.65 bits per heavy atom. The number of anilines is 2.